The number of hydrogen-bond acceptors (Lipinski definition) is 2. The lowest BCUT2D eigenvalue weighted by Crippen LogP contribution is -2.54. The van der Waals surface area contributed by atoms with Gasteiger partial charge in [0, 0.05) is 18.6 Å². The van der Waals surface area contributed by atoms with Crippen LogP contribution in [0.5, 0.6) is 0 Å². The minimum absolute atomic E-state index is 0.121. The lowest BCUT2D eigenvalue weighted by atomic mass is 9.76. The minimum atomic E-state index is -0.121. The van der Waals surface area contributed by atoms with E-state index in [0.717, 1.165) is 38.8 Å². The van der Waals surface area contributed by atoms with E-state index in [2.05, 4.69) is 31.0 Å². The second kappa shape index (κ2) is 5.60. The summed E-state index contributed by atoms with van der Waals surface area (Å²) in [6.45, 7) is 8.55. The zero-order valence-electron chi connectivity index (χ0n) is 12.2. The topological polar surface area (TPSA) is 32.3 Å². The summed E-state index contributed by atoms with van der Waals surface area (Å²) < 4.78 is 0. The van der Waals surface area contributed by atoms with E-state index >= 15 is 0 Å². The average Bonchev–Trinajstić information content (AvgIpc) is 2.79. The van der Waals surface area contributed by atoms with Crippen LogP contribution < -0.4 is 5.32 Å². The molecule has 0 aromatic carbocycles. The molecule has 1 N–H and O–H groups in total. The van der Waals surface area contributed by atoms with E-state index in [4.69, 9.17) is 0 Å². The van der Waals surface area contributed by atoms with Gasteiger partial charge in [-0.2, -0.15) is 0 Å². The number of rotatable bonds is 3. The number of carbonyl (C=O) groups is 1. The number of carbonyl (C=O) groups excluding carboxylic acids is 1. The second-order valence-corrected chi connectivity index (χ2v) is 6.12. The maximum Gasteiger partial charge on any atom is 0.230 e. The highest BCUT2D eigenvalue weighted by Crippen LogP contribution is 2.37. The Morgan fingerprint density at radius 2 is 2.17 bits per heavy atom. The molecule has 3 heteroatoms. The first-order valence-corrected chi connectivity index (χ1v) is 7.68. The monoisotopic (exact) mass is 252 g/mol. The van der Waals surface area contributed by atoms with Crippen LogP contribution >= 0.6 is 0 Å². The van der Waals surface area contributed by atoms with Gasteiger partial charge in [0.15, 0.2) is 0 Å². The van der Waals surface area contributed by atoms with E-state index in [1.54, 1.807) is 0 Å². The van der Waals surface area contributed by atoms with E-state index in [1.165, 1.54) is 12.8 Å². The summed E-state index contributed by atoms with van der Waals surface area (Å²) in [5.41, 5.74) is -0.121. The molecule has 0 saturated carbocycles. The highest BCUT2D eigenvalue weighted by Gasteiger charge is 2.45. The Morgan fingerprint density at radius 1 is 1.39 bits per heavy atom. The summed E-state index contributed by atoms with van der Waals surface area (Å²) in [7, 11) is 0. The molecule has 1 amide bonds. The first-order chi connectivity index (χ1) is 8.64. The Kier molecular flexibility index (Phi) is 4.31. The molecule has 0 spiro atoms. The van der Waals surface area contributed by atoms with Gasteiger partial charge in [-0.25, -0.2) is 0 Å². The molecule has 18 heavy (non-hydrogen) atoms. The third-order valence-corrected chi connectivity index (χ3v) is 5.09. The highest BCUT2D eigenvalue weighted by atomic mass is 16.2. The molecule has 2 aliphatic rings. The Balaban J connectivity index is 2.17. The maximum atomic E-state index is 13.0. The molecule has 0 aliphatic carbocycles. The van der Waals surface area contributed by atoms with Gasteiger partial charge in [0.05, 0.1) is 5.41 Å². The summed E-state index contributed by atoms with van der Waals surface area (Å²) in [4.78, 5) is 15.2. The number of piperidine rings is 1. The fourth-order valence-electron chi connectivity index (χ4n) is 3.72. The molecule has 2 fully saturated rings. The van der Waals surface area contributed by atoms with E-state index in [0.29, 0.717) is 18.0 Å². The van der Waals surface area contributed by atoms with Gasteiger partial charge in [-0.15, -0.1) is 0 Å². The van der Waals surface area contributed by atoms with Crippen molar-refractivity contribution < 1.29 is 4.79 Å². The number of nitrogens with one attached hydrogen (secondary N) is 1. The Hall–Kier alpha value is -0.570. The van der Waals surface area contributed by atoms with Crippen molar-refractivity contribution in [2.75, 3.05) is 13.1 Å². The molecule has 3 unspecified atom stereocenters. The highest BCUT2D eigenvalue weighted by molar-refractivity contribution is 5.84. The quantitative estimate of drug-likeness (QED) is 0.837. The van der Waals surface area contributed by atoms with Crippen molar-refractivity contribution in [1.82, 2.24) is 10.2 Å². The van der Waals surface area contributed by atoms with Crippen molar-refractivity contribution in [2.45, 2.75) is 71.4 Å². The molecule has 3 atom stereocenters. The zero-order chi connectivity index (χ0) is 13.2. The van der Waals surface area contributed by atoms with Crippen LogP contribution in [-0.2, 0) is 4.79 Å². The molecular weight excluding hydrogens is 224 g/mol. The lowest BCUT2D eigenvalue weighted by Gasteiger charge is -2.41. The molecule has 0 aromatic heterocycles. The summed E-state index contributed by atoms with van der Waals surface area (Å²) in [5.74, 6) is 0.425. The number of likely N-dealkylation sites (tertiary alicyclic amines) is 1. The molecule has 2 saturated heterocycles. The number of hydrogen-bond donors (Lipinski definition) is 1. The van der Waals surface area contributed by atoms with E-state index in [1.807, 2.05) is 0 Å². The first-order valence-electron chi connectivity index (χ1n) is 7.68. The molecular formula is C15H28N2O. The average molecular weight is 252 g/mol. The van der Waals surface area contributed by atoms with Crippen LogP contribution in [0.3, 0.4) is 0 Å². The maximum absolute atomic E-state index is 13.0. The van der Waals surface area contributed by atoms with Crippen LogP contribution in [0.25, 0.3) is 0 Å². The smallest absolute Gasteiger partial charge is 0.230 e. The Bertz CT molecular complexity index is 297. The number of nitrogens with zero attached hydrogens (tertiary/aromatic N) is 1. The fourth-order valence-corrected chi connectivity index (χ4v) is 3.72. The molecule has 3 nitrogen and oxygen atoms in total. The largest absolute Gasteiger partial charge is 0.336 e. The van der Waals surface area contributed by atoms with E-state index < -0.39 is 0 Å². The summed E-state index contributed by atoms with van der Waals surface area (Å²) >= 11 is 0. The van der Waals surface area contributed by atoms with Gasteiger partial charge in [0.25, 0.3) is 0 Å². The normalized spacial score (nSPS) is 36.9. The zero-order valence-corrected chi connectivity index (χ0v) is 12.2. The summed E-state index contributed by atoms with van der Waals surface area (Å²) in [5, 5.41) is 3.43. The van der Waals surface area contributed by atoms with Gasteiger partial charge in [-0.1, -0.05) is 13.8 Å². The van der Waals surface area contributed by atoms with Crippen molar-refractivity contribution >= 4 is 5.91 Å². The third kappa shape index (κ3) is 2.29. The fraction of sp³-hybridized carbons (Fsp3) is 0.933. The van der Waals surface area contributed by atoms with Crippen molar-refractivity contribution in [3.8, 4) is 0 Å². The van der Waals surface area contributed by atoms with Gasteiger partial charge >= 0.3 is 0 Å². The molecule has 2 rings (SSSR count). The molecule has 104 valence electrons. The molecule has 0 bridgehead atoms. The van der Waals surface area contributed by atoms with Gasteiger partial charge < -0.3 is 10.2 Å². The minimum Gasteiger partial charge on any atom is -0.336 e. The predicted molar refractivity (Wildman–Crippen MR) is 74.4 cm³/mol. The van der Waals surface area contributed by atoms with Gasteiger partial charge in [-0.05, 0) is 52.0 Å². The SMILES string of the molecule is CCC1CCC(C)N1C(=O)C1(CC)CCCNC1. The van der Waals surface area contributed by atoms with Crippen LogP contribution in [0.1, 0.15) is 59.3 Å². The Labute approximate surface area is 111 Å². The lowest BCUT2D eigenvalue weighted by molar-refractivity contribution is -0.146. The van der Waals surface area contributed by atoms with Crippen molar-refractivity contribution in [1.29, 1.82) is 0 Å². The van der Waals surface area contributed by atoms with Crippen LogP contribution in [0.4, 0.5) is 0 Å². The van der Waals surface area contributed by atoms with Crippen molar-refractivity contribution in [2.24, 2.45) is 5.41 Å². The molecule has 0 radical (unpaired) electrons. The molecule has 2 aliphatic heterocycles. The Morgan fingerprint density at radius 3 is 2.72 bits per heavy atom. The van der Waals surface area contributed by atoms with E-state index in [9.17, 15) is 4.79 Å². The number of amides is 1. The van der Waals surface area contributed by atoms with Gasteiger partial charge in [0.1, 0.15) is 0 Å². The van der Waals surface area contributed by atoms with Crippen LogP contribution in [-0.4, -0.2) is 36.0 Å². The van der Waals surface area contributed by atoms with Gasteiger partial charge in [0.2, 0.25) is 5.91 Å². The van der Waals surface area contributed by atoms with Crippen molar-refractivity contribution in [3.63, 3.8) is 0 Å². The first kappa shape index (κ1) is 13.9. The standard InChI is InChI=1S/C15H28N2O/c1-4-13-8-7-12(3)17(13)14(18)15(5-2)9-6-10-16-11-15/h12-13,16H,4-11H2,1-3H3. The van der Waals surface area contributed by atoms with Crippen LogP contribution in [0, 0.1) is 5.41 Å². The van der Waals surface area contributed by atoms with Crippen LogP contribution in [0.15, 0.2) is 0 Å². The molecule has 2 heterocycles. The summed E-state index contributed by atoms with van der Waals surface area (Å²) in [6.07, 6.45) is 6.64. The summed E-state index contributed by atoms with van der Waals surface area (Å²) in [6, 6.07) is 0.922. The van der Waals surface area contributed by atoms with Crippen LogP contribution in [0.2, 0.25) is 0 Å². The third-order valence-electron chi connectivity index (χ3n) is 5.09. The second-order valence-electron chi connectivity index (χ2n) is 6.12. The predicted octanol–water partition coefficient (Wildman–Crippen LogP) is 2.56. The van der Waals surface area contributed by atoms with Crippen molar-refractivity contribution in [3.05, 3.63) is 0 Å². The van der Waals surface area contributed by atoms with Gasteiger partial charge in [-0.3, -0.25) is 4.79 Å². The van der Waals surface area contributed by atoms with E-state index in [-0.39, 0.29) is 5.41 Å². The molecule has 0 aromatic rings.